The van der Waals surface area contributed by atoms with Crippen LogP contribution in [0.5, 0.6) is 0 Å². The highest BCUT2D eigenvalue weighted by atomic mass is 16.3. The van der Waals surface area contributed by atoms with Gasteiger partial charge in [0.15, 0.2) is 0 Å². The lowest BCUT2D eigenvalue weighted by atomic mass is 9.42. The predicted octanol–water partition coefficient (Wildman–Crippen LogP) is 3.21. The van der Waals surface area contributed by atoms with Crippen LogP contribution in [-0.2, 0) is 0 Å². The number of hydrogen-bond acceptors (Lipinski definition) is 4. The monoisotopic (exact) mass is 418 g/mol. The van der Waals surface area contributed by atoms with Gasteiger partial charge in [-0.2, -0.15) is 0 Å². The van der Waals surface area contributed by atoms with E-state index in [0.29, 0.717) is 66.1 Å². The summed E-state index contributed by atoms with van der Waals surface area (Å²) < 4.78 is 0. The average molecular weight is 419 g/mol. The van der Waals surface area contributed by atoms with E-state index < -0.39 is 11.2 Å². The summed E-state index contributed by atoms with van der Waals surface area (Å²) in [7, 11) is 0. The predicted molar refractivity (Wildman–Crippen MR) is 114 cm³/mol. The number of aliphatic hydroxyl groups is 4. The summed E-state index contributed by atoms with van der Waals surface area (Å²) in [6, 6.07) is 0. The first-order valence-electron chi connectivity index (χ1n) is 12.8. The molecule has 6 fully saturated rings. The van der Waals surface area contributed by atoms with Crippen LogP contribution in [-0.4, -0.2) is 44.3 Å². The highest BCUT2D eigenvalue weighted by Gasteiger charge is 2.83. The van der Waals surface area contributed by atoms with Crippen LogP contribution in [0.1, 0.15) is 72.6 Å². The lowest BCUT2D eigenvalue weighted by Crippen LogP contribution is -2.65. The molecule has 6 rings (SSSR count). The molecule has 0 saturated heterocycles. The van der Waals surface area contributed by atoms with Gasteiger partial charge in [-0.3, -0.25) is 0 Å². The van der Waals surface area contributed by atoms with Crippen LogP contribution in [0.3, 0.4) is 0 Å². The van der Waals surface area contributed by atoms with E-state index >= 15 is 0 Å². The molecule has 4 heteroatoms. The number of aliphatic hydroxyl groups excluding tert-OH is 2. The standard InChI is InChI=1S/C26H42O4/c1-13-17-19-16(23(3)9-6-15(28)12-26(23,30)20(13)17)7-10-24(4)22(19)18-14(2)21(18)25(24,29)8-5-11-27/h13-22,27-30H,5-12H2,1-4H3/t13-,14+,15+,16?,17-,18-,19?,20-,21+,22?,23-,24+,25+,26-/m1/s1. The molecule has 0 bridgehead atoms. The van der Waals surface area contributed by atoms with E-state index in [9.17, 15) is 20.4 Å². The molecule has 6 saturated carbocycles. The van der Waals surface area contributed by atoms with Crippen molar-refractivity contribution in [1.82, 2.24) is 0 Å². The van der Waals surface area contributed by atoms with E-state index in [1.165, 1.54) is 0 Å². The third-order valence-electron chi connectivity index (χ3n) is 12.5. The number of hydrogen-bond donors (Lipinski definition) is 4. The lowest BCUT2D eigenvalue weighted by molar-refractivity contribution is -0.239. The highest BCUT2D eigenvalue weighted by Crippen LogP contribution is 2.84. The first-order chi connectivity index (χ1) is 14.1. The van der Waals surface area contributed by atoms with Crippen molar-refractivity contribution in [2.24, 2.45) is 64.1 Å². The molecule has 0 aromatic carbocycles. The van der Waals surface area contributed by atoms with E-state index in [0.717, 1.165) is 32.1 Å². The Hall–Kier alpha value is -0.160. The van der Waals surface area contributed by atoms with E-state index in [4.69, 9.17) is 0 Å². The van der Waals surface area contributed by atoms with E-state index in [1.54, 1.807) is 0 Å². The Bertz CT molecular complexity index is 755. The maximum absolute atomic E-state index is 12.1. The smallest absolute Gasteiger partial charge is 0.0761 e. The second-order valence-corrected chi connectivity index (χ2v) is 13.1. The summed E-state index contributed by atoms with van der Waals surface area (Å²) in [4.78, 5) is 0. The Morgan fingerprint density at radius 3 is 2.20 bits per heavy atom. The molecule has 0 aromatic heterocycles. The topological polar surface area (TPSA) is 80.9 Å². The molecule has 4 nitrogen and oxygen atoms in total. The molecule has 0 radical (unpaired) electrons. The second kappa shape index (κ2) is 5.85. The van der Waals surface area contributed by atoms with Gasteiger partial charge in [0.25, 0.3) is 0 Å². The largest absolute Gasteiger partial charge is 0.396 e. The van der Waals surface area contributed by atoms with Gasteiger partial charge in [0, 0.05) is 13.0 Å². The van der Waals surface area contributed by atoms with Crippen molar-refractivity contribution in [1.29, 1.82) is 0 Å². The van der Waals surface area contributed by atoms with Gasteiger partial charge in [0.1, 0.15) is 0 Å². The molecule has 14 atom stereocenters. The Morgan fingerprint density at radius 1 is 0.833 bits per heavy atom. The molecule has 0 heterocycles. The van der Waals surface area contributed by atoms with Crippen molar-refractivity contribution in [3.05, 3.63) is 0 Å². The van der Waals surface area contributed by atoms with Gasteiger partial charge in [-0.1, -0.05) is 27.7 Å². The minimum Gasteiger partial charge on any atom is -0.396 e. The molecule has 3 unspecified atom stereocenters. The summed E-state index contributed by atoms with van der Waals surface area (Å²) in [6.45, 7) is 9.56. The van der Waals surface area contributed by atoms with Gasteiger partial charge < -0.3 is 20.4 Å². The first-order valence-corrected chi connectivity index (χ1v) is 12.8. The fourth-order valence-electron chi connectivity index (χ4n) is 11.1. The Labute approximate surface area is 181 Å². The van der Waals surface area contributed by atoms with Crippen molar-refractivity contribution >= 4 is 0 Å². The summed E-state index contributed by atoms with van der Waals surface area (Å²) >= 11 is 0. The molecule has 6 aliphatic carbocycles. The zero-order valence-corrected chi connectivity index (χ0v) is 19.2. The molecule has 0 amide bonds. The quantitative estimate of drug-likeness (QED) is 0.567. The SMILES string of the molecule is C[C@@H]1[C@@H]2C3C4[C@@H]5[C@H](C)[C@@H]5[C@@](O)(CCCO)[C@@]4(C)CCC3[C@@]3(C)CC[C@H](O)C[C@@]3(O)[C@H]12. The van der Waals surface area contributed by atoms with Crippen molar-refractivity contribution in [3.8, 4) is 0 Å². The maximum Gasteiger partial charge on any atom is 0.0761 e. The molecular formula is C26H42O4. The zero-order chi connectivity index (χ0) is 21.4. The molecule has 0 aromatic rings. The summed E-state index contributed by atoms with van der Waals surface area (Å²) in [5.74, 6) is 4.64. The van der Waals surface area contributed by atoms with Crippen LogP contribution >= 0.6 is 0 Å². The second-order valence-electron chi connectivity index (χ2n) is 13.1. The fourth-order valence-corrected chi connectivity index (χ4v) is 11.1. The van der Waals surface area contributed by atoms with Crippen molar-refractivity contribution < 1.29 is 20.4 Å². The van der Waals surface area contributed by atoms with Crippen LogP contribution in [0.2, 0.25) is 0 Å². The Morgan fingerprint density at radius 2 is 1.50 bits per heavy atom. The van der Waals surface area contributed by atoms with Gasteiger partial charge in [-0.15, -0.1) is 0 Å². The highest BCUT2D eigenvalue weighted by molar-refractivity contribution is 5.32. The Kier molecular flexibility index (Phi) is 3.98. The lowest BCUT2D eigenvalue weighted by Gasteiger charge is -2.65. The summed E-state index contributed by atoms with van der Waals surface area (Å²) in [5.41, 5.74) is -1.52. The summed E-state index contributed by atoms with van der Waals surface area (Å²) in [5, 5.41) is 44.1. The van der Waals surface area contributed by atoms with Crippen molar-refractivity contribution in [2.45, 2.75) is 89.9 Å². The van der Waals surface area contributed by atoms with Crippen molar-refractivity contribution in [2.75, 3.05) is 6.61 Å². The third kappa shape index (κ3) is 2.01. The average Bonchev–Trinajstić information content (AvgIpc) is 3.54. The van der Waals surface area contributed by atoms with Crippen molar-refractivity contribution in [3.63, 3.8) is 0 Å². The van der Waals surface area contributed by atoms with E-state index in [2.05, 4.69) is 27.7 Å². The molecule has 6 aliphatic rings. The normalized spacial score (nSPS) is 67.6. The maximum atomic E-state index is 12.1. The van der Waals surface area contributed by atoms with Gasteiger partial charge in [-0.05, 0) is 103 Å². The van der Waals surface area contributed by atoms with Gasteiger partial charge >= 0.3 is 0 Å². The fraction of sp³-hybridized carbons (Fsp3) is 1.00. The minimum absolute atomic E-state index is 0.0575. The molecule has 4 N–H and O–H groups in total. The molecule has 0 spiro atoms. The van der Waals surface area contributed by atoms with E-state index in [1.807, 2.05) is 0 Å². The third-order valence-corrected chi connectivity index (χ3v) is 12.5. The number of rotatable bonds is 3. The van der Waals surface area contributed by atoms with Gasteiger partial charge in [0.05, 0.1) is 17.3 Å². The van der Waals surface area contributed by atoms with Crippen LogP contribution in [0.25, 0.3) is 0 Å². The summed E-state index contributed by atoms with van der Waals surface area (Å²) in [6.07, 6.45) is 5.52. The molecular weight excluding hydrogens is 376 g/mol. The van der Waals surface area contributed by atoms with Crippen LogP contribution in [0.4, 0.5) is 0 Å². The zero-order valence-electron chi connectivity index (χ0n) is 19.2. The van der Waals surface area contributed by atoms with E-state index in [-0.39, 0.29) is 23.5 Å². The van der Waals surface area contributed by atoms with Crippen LogP contribution in [0.15, 0.2) is 0 Å². The molecule has 0 aliphatic heterocycles. The minimum atomic E-state index is -0.718. The first kappa shape index (κ1) is 20.4. The van der Waals surface area contributed by atoms with Crippen LogP contribution in [0, 0.1) is 64.1 Å². The number of fused-ring (bicyclic) bond motifs is 10. The Balaban J connectivity index is 1.42. The molecule has 30 heavy (non-hydrogen) atoms. The van der Waals surface area contributed by atoms with Crippen LogP contribution < -0.4 is 0 Å². The molecule has 170 valence electrons. The van der Waals surface area contributed by atoms with Gasteiger partial charge in [-0.25, -0.2) is 0 Å². The van der Waals surface area contributed by atoms with Gasteiger partial charge in [0.2, 0.25) is 0 Å².